The summed E-state index contributed by atoms with van der Waals surface area (Å²) in [6.45, 7) is 0.147. The van der Waals surface area contributed by atoms with Gasteiger partial charge in [-0.2, -0.15) is 0 Å². The molecule has 0 aromatic heterocycles. The van der Waals surface area contributed by atoms with E-state index in [1.54, 1.807) is 0 Å². The summed E-state index contributed by atoms with van der Waals surface area (Å²) in [7, 11) is -3.50. The number of halogens is 1. The van der Waals surface area contributed by atoms with E-state index in [-0.39, 0.29) is 29.8 Å². The quantitative estimate of drug-likeness (QED) is 0.854. The van der Waals surface area contributed by atoms with Gasteiger partial charge in [-0.3, -0.25) is 4.31 Å². The smallest absolute Gasteiger partial charge is 0.335 e. The van der Waals surface area contributed by atoms with Gasteiger partial charge in [-0.25, -0.2) is 17.6 Å². The summed E-state index contributed by atoms with van der Waals surface area (Å²) in [6.07, 6.45) is 1.27. The number of hydrogen-bond donors (Lipinski definition) is 1. The van der Waals surface area contributed by atoms with E-state index in [0.29, 0.717) is 0 Å². The van der Waals surface area contributed by atoms with Crippen LogP contribution in [0, 0.1) is 5.82 Å². The van der Waals surface area contributed by atoms with E-state index in [9.17, 15) is 17.6 Å². The number of carboxylic acids is 1. The molecule has 1 aromatic rings. The van der Waals surface area contributed by atoms with Crippen molar-refractivity contribution in [2.45, 2.75) is 6.42 Å². The number of aromatic carboxylic acids is 1. The van der Waals surface area contributed by atoms with Crippen LogP contribution in [0.25, 0.3) is 0 Å². The second kappa shape index (κ2) is 3.69. The molecule has 1 aromatic carbocycles. The van der Waals surface area contributed by atoms with Gasteiger partial charge in [0.05, 0.1) is 17.5 Å². The van der Waals surface area contributed by atoms with Gasteiger partial charge in [-0.1, -0.05) is 0 Å². The lowest BCUT2D eigenvalue weighted by Gasteiger charge is -2.16. The summed E-state index contributed by atoms with van der Waals surface area (Å²) in [5.41, 5.74) is 0.127. The highest BCUT2D eigenvalue weighted by atomic mass is 32.2. The van der Waals surface area contributed by atoms with Gasteiger partial charge in [0.15, 0.2) is 0 Å². The van der Waals surface area contributed by atoms with Gasteiger partial charge in [0, 0.05) is 12.1 Å². The fraction of sp³-hybridized carbons (Fsp3) is 0.300. The van der Waals surface area contributed by atoms with Crippen molar-refractivity contribution in [1.82, 2.24) is 0 Å². The average molecular weight is 259 g/mol. The van der Waals surface area contributed by atoms with Crippen molar-refractivity contribution in [2.24, 2.45) is 0 Å². The summed E-state index contributed by atoms with van der Waals surface area (Å²) < 4.78 is 37.5. The highest BCUT2D eigenvalue weighted by Crippen LogP contribution is 2.33. The molecule has 0 spiro atoms. The molecular weight excluding hydrogens is 249 g/mol. The molecule has 1 aliphatic rings. The summed E-state index contributed by atoms with van der Waals surface area (Å²) in [4.78, 5) is 10.8. The highest BCUT2D eigenvalue weighted by Gasteiger charge is 2.29. The Morgan fingerprint density at radius 2 is 2.12 bits per heavy atom. The average Bonchev–Trinajstić information content (AvgIpc) is 2.60. The molecule has 92 valence electrons. The zero-order valence-electron chi connectivity index (χ0n) is 8.97. The summed E-state index contributed by atoms with van der Waals surface area (Å²) in [5.74, 6) is -1.96. The highest BCUT2D eigenvalue weighted by molar-refractivity contribution is 7.92. The lowest BCUT2D eigenvalue weighted by molar-refractivity contribution is 0.0696. The van der Waals surface area contributed by atoms with Crippen molar-refractivity contribution >= 4 is 21.7 Å². The van der Waals surface area contributed by atoms with E-state index < -0.39 is 21.8 Å². The topological polar surface area (TPSA) is 74.7 Å². The van der Waals surface area contributed by atoms with Gasteiger partial charge in [-0.15, -0.1) is 0 Å². The molecule has 0 atom stereocenters. The summed E-state index contributed by atoms with van der Waals surface area (Å²) in [5, 5.41) is 8.79. The standard InChI is InChI=1S/C10H10FNO4S/c1-17(15,16)12-3-2-7-8(11)4-6(10(13)14)5-9(7)12/h4-5H,2-3H2,1H3,(H,13,14). The SMILES string of the molecule is CS(=O)(=O)N1CCc2c(F)cc(C(=O)O)cc21. The number of fused-ring (bicyclic) bond motifs is 1. The van der Waals surface area contributed by atoms with Crippen LogP contribution in [0.2, 0.25) is 0 Å². The first kappa shape index (κ1) is 11.8. The van der Waals surface area contributed by atoms with E-state index >= 15 is 0 Å². The number of carbonyl (C=O) groups is 1. The molecule has 0 saturated carbocycles. The number of nitrogens with zero attached hydrogens (tertiary/aromatic N) is 1. The number of sulfonamides is 1. The molecule has 7 heteroatoms. The van der Waals surface area contributed by atoms with Crippen molar-refractivity contribution in [3.8, 4) is 0 Å². The van der Waals surface area contributed by atoms with E-state index in [1.165, 1.54) is 6.07 Å². The second-order valence-electron chi connectivity index (χ2n) is 3.85. The molecule has 17 heavy (non-hydrogen) atoms. The van der Waals surface area contributed by atoms with Crippen molar-refractivity contribution in [3.05, 3.63) is 29.1 Å². The van der Waals surface area contributed by atoms with Crippen LogP contribution in [0.15, 0.2) is 12.1 Å². The minimum absolute atomic E-state index is 0.130. The Hall–Kier alpha value is -1.63. The molecule has 1 aliphatic heterocycles. The minimum Gasteiger partial charge on any atom is -0.478 e. The molecule has 0 saturated heterocycles. The first-order valence-corrected chi connectivity index (χ1v) is 6.69. The maximum atomic E-state index is 13.6. The minimum atomic E-state index is -3.50. The maximum Gasteiger partial charge on any atom is 0.335 e. The molecule has 0 fully saturated rings. The zero-order valence-corrected chi connectivity index (χ0v) is 9.79. The lowest BCUT2D eigenvalue weighted by atomic mass is 10.1. The lowest BCUT2D eigenvalue weighted by Crippen LogP contribution is -2.27. The normalized spacial score (nSPS) is 14.8. The number of carboxylic acid groups (broad SMARTS) is 1. The predicted molar refractivity (Wildman–Crippen MR) is 59.3 cm³/mol. The Balaban J connectivity index is 2.63. The van der Waals surface area contributed by atoms with E-state index in [0.717, 1.165) is 16.6 Å². The zero-order chi connectivity index (χ0) is 12.8. The Morgan fingerprint density at radius 1 is 1.47 bits per heavy atom. The summed E-state index contributed by atoms with van der Waals surface area (Å²) in [6, 6.07) is 2.10. The number of hydrogen-bond acceptors (Lipinski definition) is 3. The van der Waals surface area contributed by atoms with Crippen LogP contribution < -0.4 is 4.31 Å². The van der Waals surface area contributed by atoms with Crippen LogP contribution in [0.5, 0.6) is 0 Å². The summed E-state index contributed by atoms with van der Waals surface area (Å²) >= 11 is 0. The Bertz CT molecular complexity index is 597. The molecule has 0 amide bonds. The van der Waals surface area contributed by atoms with Gasteiger partial charge in [-0.05, 0) is 18.6 Å². The Kier molecular flexibility index (Phi) is 2.57. The molecule has 5 nitrogen and oxygen atoms in total. The first-order valence-electron chi connectivity index (χ1n) is 4.84. The van der Waals surface area contributed by atoms with Gasteiger partial charge < -0.3 is 5.11 Å². The van der Waals surface area contributed by atoms with Gasteiger partial charge in [0.25, 0.3) is 0 Å². The van der Waals surface area contributed by atoms with Crippen molar-refractivity contribution in [3.63, 3.8) is 0 Å². The number of rotatable bonds is 2. The van der Waals surface area contributed by atoms with E-state index in [2.05, 4.69) is 0 Å². The van der Waals surface area contributed by atoms with Crippen molar-refractivity contribution < 1.29 is 22.7 Å². The third-order valence-electron chi connectivity index (χ3n) is 2.65. The molecule has 0 unspecified atom stereocenters. The first-order chi connectivity index (χ1) is 7.80. The molecular formula is C10H10FNO4S. The van der Waals surface area contributed by atoms with Crippen LogP contribution in [-0.2, 0) is 16.4 Å². The van der Waals surface area contributed by atoms with Crippen LogP contribution in [-0.4, -0.2) is 32.3 Å². The van der Waals surface area contributed by atoms with Crippen LogP contribution in [0.3, 0.4) is 0 Å². The van der Waals surface area contributed by atoms with Crippen molar-refractivity contribution in [1.29, 1.82) is 0 Å². The third-order valence-corrected chi connectivity index (χ3v) is 3.83. The molecule has 0 bridgehead atoms. The molecule has 1 N–H and O–H groups in total. The Labute approximate surface area is 97.5 Å². The molecule has 1 heterocycles. The van der Waals surface area contributed by atoms with E-state index in [1.807, 2.05) is 0 Å². The predicted octanol–water partition coefficient (Wildman–Crippen LogP) is 0.846. The van der Waals surface area contributed by atoms with E-state index in [4.69, 9.17) is 5.11 Å². The largest absolute Gasteiger partial charge is 0.478 e. The Morgan fingerprint density at radius 3 is 2.65 bits per heavy atom. The molecule has 0 radical (unpaired) electrons. The molecule has 2 rings (SSSR count). The maximum absolute atomic E-state index is 13.6. The second-order valence-corrected chi connectivity index (χ2v) is 5.75. The number of benzene rings is 1. The van der Waals surface area contributed by atoms with Crippen LogP contribution >= 0.6 is 0 Å². The fourth-order valence-corrected chi connectivity index (χ4v) is 2.84. The number of anilines is 1. The van der Waals surface area contributed by atoms with Crippen LogP contribution in [0.4, 0.5) is 10.1 Å². The fourth-order valence-electron chi connectivity index (χ4n) is 1.89. The van der Waals surface area contributed by atoms with Gasteiger partial charge >= 0.3 is 5.97 Å². The van der Waals surface area contributed by atoms with Crippen LogP contribution in [0.1, 0.15) is 15.9 Å². The van der Waals surface area contributed by atoms with Gasteiger partial charge in [0.1, 0.15) is 5.82 Å². The van der Waals surface area contributed by atoms with Gasteiger partial charge in [0.2, 0.25) is 10.0 Å². The third kappa shape index (κ3) is 1.97. The monoisotopic (exact) mass is 259 g/mol. The molecule has 0 aliphatic carbocycles. The van der Waals surface area contributed by atoms with Crippen molar-refractivity contribution in [2.75, 3.05) is 17.1 Å².